The molecule has 194 valence electrons. The molecule has 0 fully saturated rings. The zero-order valence-electron chi connectivity index (χ0n) is 20.3. The molecule has 0 aliphatic carbocycles. The van der Waals surface area contributed by atoms with E-state index in [2.05, 4.69) is 15.3 Å². The fraction of sp³-hybridized carbons (Fsp3) is 0.160. The first kappa shape index (κ1) is 27.0. The van der Waals surface area contributed by atoms with Crippen LogP contribution in [-0.4, -0.2) is 54.6 Å². The average Bonchev–Trinajstić information content (AvgIpc) is 2.92. The van der Waals surface area contributed by atoms with E-state index in [4.69, 9.17) is 14.2 Å². The van der Waals surface area contributed by atoms with Crippen LogP contribution in [0.1, 0.15) is 5.56 Å². The van der Waals surface area contributed by atoms with Crippen molar-refractivity contribution in [2.24, 2.45) is 5.10 Å². The summed E-state index contributed by atoms with van der Waals surface area (Å²) in [7, 11) is 0.00584. The van der Waals surface area contributed by atoms with E-state index in [-0.39, 0.29) is 22.1 Å². The van der Waals surface area contributed by atoms with Gasteiger partial charge in [0.25, 0.3) is 15.9 Å². The summed E-state index contributed by atoms with van der Waals surface area (Å²) in [5.74, 6) is 0.231. The van der Waals surface area contributed by atoms with Crippen LogP contribution in [0.3, 0.4) is 0 Å². The topological polar surface area (TPSA) is 133 Å². The third-order valence-electron chi connectivity index (χ3n) is 4.93. The lowest BCUT2D eigenvalue weighted by Gasteiger charge is -2.23. The summed E-state index contributed by atoms with van der Waals surface area (Å²) in [5.41, 5.74) is 3.11. The molecule has 0 aromatic heterocycles. The molecule has 1 amide bonds. The fourth-order valence-corrected chi connectivity index (χ4v) is 4.55. The van der Waals surface area contributed by atoms with E-state index in [0.29, 0.717) is 11.3 Å². The smallest absolute Gasteiger partial charge is 0.497 e. The Bertz CT molecular complexity index is 1360. The lowest BCUT2D eigenvalue weighted by Crippen LogP contribution is -2.39. The Balaban J connectivity index is 1.77. The van der Waals surface area contributed by atoms with Crippen molar-refractivity contribution in [2.45, 2.75) is 4.90 Å². The number of ether oxygens (including phenoxy) is 4. The SMILES string of the molecule is COC(=O)Oc1ccc(/C=N\NC(=O)CN(c2ccc(OC)cc2)S(=O)(=O)c2ccccc2)cc1OC. The Hall–Kier alpha value is -4.58. The van der Waals surface area contributed by atoms with Crippen molar-refractivity contribution in [1.29, 1.82) is 0 Å². The highest BCUT2D eigenvalue weighted by atomic mass is 32.2. The number of rotatable bonds is 10. The molecule has 0 heterocycles. The van der Waals surface area contributed by atoms with Gasteiger partial charge in [-0.25, -0.2) is 18.6 Å². The second-order valence-corrected chi connectivity index (χ2v) is 9.14. The first-order chi connectivity index (χ1) is 17.8. The molecular formula is C25H25N3O8S. The van der Waals surface area contributed by atoms with Crippen LogP contribution in [-0.2, 0) is 19.6 Å². The molecule has 0 aliphatic heterocycles. The molecule has 11 nitrogen and oxygen atoms in total. The Kier molecular flexibility index (Phi) is 9.05. The lowest BCUT2D eigenvalue weighted by atomic mass is 10.2. The van der Waals surface area contributed by atoms with Gasteiger partial charge in [0.05, 0.1) is 38.1 Å². The summed E-state index contributed by atoms with van der Waals surface area (Å²) in [5, 5.41) is 3.90. The number of nitrogens with one attached hydrogen (secondary N) is 1. The monoisotopic (exact) mass is 527 g/mol. The average molecular weight is 528 g/mol. The summed E-state index contributed by atoms with van der Waals surface area (Å²) in [6, 6.07) is 18.6. The van der Waals surface area contributed by atoms with Gasteiger partial charge in [-0.3, -0.25) is 9.10 Å². The standard InChI is InChI=1S/C25H25N3O8S/c1-33-20-12-10-19(11-13-20)28(37(31,32)21-7-5-4-6-8-21)17-24(29)27-26-16-18-9-14-22(23(15-18)34-2)36-25(30)35-3/h4-16H,17H2,1-3H3,(H,27,29)/b26-16-. The van der Waals surface area contributed by atoms with E-state index >= 15 is 0 Å². The molecule has 0 spiro atoms. The van der Waals surface area contributed by atoms with Crippen LogP contribution < -0.4 is 23.9 Å². The van der Waals surface area contributed by atoms with Crippen molar-refractivity contribution < 1.29 is 37.0 Å². The number of sulfonamides is 1. The van der Waals surface area contributed by atoms with Crippen molar-refractivity contribution in [2.75, 3.05) is 32.2 Å². The Morgan fingerprint density at radius 3 is 2.24 bits per heavy atom. The molecule has 0 saturated heterocycles. The van der Waals surface area contributed by atoms with Crippen molar-refractivity contribution in [3.8, 4) is 17.2 Å². The van der Waals surface area contributed by atoms with Crippen LogP contribution in [0.15, 0.2) is 82.8 Å². The van der Waals surface area contributed by atoms with Gasteiger partial charge in [0.15, 0.2) is 11.5 Å². The molecule has 0 radical (unpaired) electrons. The predicted octanol–water partition coefficient (Wildman–Crippen LogP) is 3.19. The molecule has 37 heavy (non-hydrogen) atoms. The molecule has 0 atom stereocenters. The molecule has 1 N–H and O–H groups in total. The van der Waals surface area contributed by atoms with Crippen molar-refractivity contribution in [1.82, 2.24) is 5.43 Å². The third-order valence-corrected chi connectivity index (χ3v) is 6.72. The fourth-order valence-electron chi connectivity index (χ4n) is 3.11. The quantitative estimate of drug-likeness (QED) is 0.184. The van der Waals surface area contributed by atoms with Crippen molar-refractivity contribution in [3.05, 3.63) is 78.4 Å². The maximum absolute atomic E-state index is 13.3. The largest absolute Gasteiger partial charge is 0.513 e. The second-order valence-electron chi connectivity index (χ2n) is 7.28. The number of carbonyl (C=O) groups excluding carboxylic acids is 2. The number of hydrogen-bond donors (Lipinski definition) is 1. The van der Waals surface area contributed by atoms with Gasteiger partial charge >= 0.3 is 6.16 Å². The van der Waals surface area contributed by atoms with Gasteiger partial charge in [-0.05, 0) is 60.2 Å². The Labute approximate surface area is 214 Å². The summed E-state index contributed by atoms with van der Waals surface area (Å²) < 4.78 is 47.4. The number of nitrogens with zero attached hydrogens (tertiary/aromatic N) is 2. The zero-order chi connectivity index (χ0) is 26.8. The number of hydrazone groups is 1. The molecule has 3 rings (SSSR count). The van der Waals surface area contributed by atoms with E-state index in [1.807, 2.05) is 0 Å². The van der Waals surface area contributed by atoms with Gasteiger partial charge in [-0.2, -0.15) is 5.10 Å². The number of benzene rings is 3. The van der Waals surface area contributed by atoms with E-state index in [0.717, 1.165) is 4.31 Å². The zero-order valence-corrected chi connectivity index (χ0v) is 21.1. The third kappa shape index (κ3) is 6.98. The molecule has 3 aromatic rings. The molecule has 0 unspecified atom stereocenters. The Morgan fingerprint density at radius 1 is 0.919 bits per heavy atom. The van der Waals surface area contributed by atoms with Crippen LogP contribution >= 0.6 is 0 Å². The maximum atomic E-state index is 13.3. The Morgan fingerprint density at radius 2 is 1.62 bits per heavy atom. The van der Waals surface area contributed by atoms with Gasteiger partial charge < -0.3 is 18.9 Å². The van der Waals surface area contributed by atoms with Crippen LogP contribution in [0.5, 0.6) is 17.2 Å². The molecule has 12 heteroatoms. The number of amides is 1. The van der Waals surface area contributed by atoms with Gasteiger partial charge in [0.2, 0.25) is 0 Å². The highest BCUT2D eigenvalue weighted by Crippen LogP contribution is 2.28. The molecule has 3 aromatic carbocycles. The highest BCUT2D eigenvalue weighted by Gasteiger charge is 2.27. The van der Waals surface area contributed by atoms with Crippen LogP contribution in [0.4, 0.5) is 10.5 Å². The number of carbonyl (C=O) groups is 2. The molecular weight excluding hydrogens is 502 g/mol. The van der Waals surface area contributed by atoms with Crippen LogP contribution in [0.2, 0.25) is 0 Å². The minimum atomic E-state index is -4.06. The molecule has 0 bridgehead atoms. The molecule has 0 saturated carbocycles. The van der Waals surface area contributed by atoms with Crippen molar-refractivity contribution >= 4 is 34.0 Å². The van der Waals surface area contributed by atoms with Gasteiger partial charge in [-0.1, -0.05) is 18.2 Å². The summed E-state index contributed by atoms with van der Waals surface area (Å²) >= 11 is 0. The maximum Gasteiger partial charge on any atom is 0.513 e. The minimum Gasteiger partial charge on any atom is -0.497 e. The van der Waals surface area contributed by atoms with E-state index in [1.54, 1.807) is 48.5 Å². The van der Waals surface area contributed by atoms with Gasteiger partial charge in [-0.15, -0.1) is 0 Å². The first-order valence-corrected chi connectivity index (χ1v) is 12.2. The van der Waals surface area contributed by atoms with E-state index < -0.39 is 28.6 Å². The number of hydrogen-bond acceptors (Lipinski definition) is 9. The van der Waals surface area contributed by atoms with Gasteiger partial charge in [0, 0.05) is 0 Å². The second kappa shape index (κ2) is 12.4. The van der Waals surface area contributed by atoms with Gasteiger partial charge in [0.1, 0.15) is 12.3 Å². The van der Waals surface area contributed by atoms with Crippen molar-refractivity contribution in [3.63, 3.8) is 0 Å². The van der Waals surface area contributed by atoms with Crippen LogP contribution in [0, 0.1) is 0 Å². The van der Waals surface area contributed by atoms with Crippen LogP contribution in [0.25, 0.3) is 0 Å². The normalized spacial score (nSPS) is 11.0. The number of anilines is 1. The van der Waals surface area contributed by atoms with E-state index in [9.17, 15) is 18.0 Å². The summed E-state index contributed by atoms with van der Waals surface area (Å²) in [4.78, 5) is 24.1. The molecule has 0 aliphatic rings. The highest BCUT2D eigenvalue weighted by molar-refractivity contribution is 7.92. The van der Waals surface area contributed by atoms with E-state index in [1.165, 1.54) is 51.8 Å². The lowest BCUT2D eigenvalue weighted by molar-refractivity contribution is -0.119. The number of methoxy groups -OCH3 is 3. The summed E-state index contributed by atoms with van der Waals surface area (Å²) in [6.07, 6.45) is 0.421. The first-order valence-electron chi connectivity index (χ1n) is 10.8. The predicted molar refractivity (Wildman–Crippen MR) is 136 cm³/mol. The summed E-state index contributed by atoms with van der Waals surface area (Å²) in [6.45, 7) is -0.532. The minimum absolute atomic E-state index is 0.0310.